The second kappa shape index (κ2) is 6.23. The molecule has 3 N–H and O–H groups in total. The molecule has 1 fully saturated rings. The van der Waals surface area contributed by atoms with Crippen LogP contribution >= 0.6 is 0 Å². The second-order valence-electron chi connectivity index (χ2n) is 4.44. The highest BCUT2D eigenvalue weighted by Crippen LogP contribution is 2.13. The van der Waals surface area contributed by atoms with Gasteiger partial charge in [0.05, 0.1) is 12.5 Å². The smallest absolute Gasteiger partial charge is 0.241 e. The fourth-order valence-electron chi connectivity index (χ4n) is 1.92. The molecule has 0 radical (unpaired) electrons. The van der Waals surface area contributed by atoms with Crippen molar-refractivity contribution in [1.29, 1.82) is 0 Å². The zero-order valence-electron chi connectivity index (χ0n) is 10.8. The Morgan fingerprint density at radius 3 is 2.72 bits per heavy atom. The number of carbonyl (C=O) groups excluding carboxylic acids is 2. The summed E-state index contributed by atoms with van der Waals surface area (Å²) in [5.41, 5.74) is 5.53. The van der Waals surface area contributed by atoms with Crippen LogP contribution in [0.25, 0.3) is 0 Å². The molecule has 0 aromatic heterocycles. The first-order valence-electron chi connectivity index (χ1n) is 6.01. The maximum absolute atomic E-state index is 12.2. The van der Waals surface area contributed by atoms with Gasteiger partial charge < -0.3 is 20.7 Å². The van der Waals surface area contributed by atoms with Gasteiger partial charge in [-0.3, -0.25) is 9.59 Å². The summed E-state index contributed by atoms with van der Waals surface area (Å²) in [6, 6.07) is 0. The third-order valence-electron chi connectivity index (χ3n) is 3.12. The van der Waals surface area contributed by atoms with Crippen LogP contribution < -0.4 is 5.73 Å². The van der Waals surface area contributed by atoms with Crippen LogP contribution in [0.4, 0.5) is 0 Å². The molecule has 1 unspecified atom stereocenters. The van der Waals surface area contributed by atoms with Gasteiger partial charge in [0.2, 0.25) is 11.8 Å². The van der Waals surface area contributed by atoms with Gasteiger partial charge in [-0.25, -0.2) is 0 Å². The largest absolute Gasteiger partial charge is 0.409 e. The SMILES string of the molecule is CCCC(C(=O)N1CCN(C)C(=O)C1)C(N)=NO. The highest BCUT2D eigenvalue weighted by Gasteiger charge is 2.31. The minimum atomic E-state index is -0.642. The number of rotatable bonds is 4. The van der Waals surface area contributed by atoms with Crippen LogP contribution in [0, 0.1) is 5.92 Å². The van der Waals surface area contributed by atoms with Crippen LogP contribution in [0.3, 0.4) is 0 Å². The van der Waals surface area contributed by atoms with Gasteiger partial charge >= 0.3 is 0 Å². The van der Waals surface area contributed by atoms with E-state index in [9.17, 15) is 9.59 Å². The van der Waals surface area contributed by atoms with Crippen LogP contribution in [0.1, 0.15) is 19.8 Å². The van der Waals surface area contributed by atoms with Crippen molar-refractivity contribution in [3.63, 3.8) is 0 Å². The maximum Gasteiger partial charge on any atom is 0.241 e. The maximum atomic E-state index is 12.2. The summed E-state index contributed by atoms with van der Waals surface area (Å²) in [4.78, 5) is 26.8. The number of hydrogen-bond donors (Lipinski definition) is 2. The number of amides is 2. The van der Waals surface area contributed by atoms with Crippen molar-refractivity contribution in [3.8, 4) is 0 Å². The first-order chi connectivity index (χ1) is 8.51. The van der Waals surface area contributed by atoms with Crippen LogP contribution in [-0.4, -0.2) is 59.3 Å². The quantitative estimate of drug-likeness (QED) is 0.305. The Morgan fingerprint density at radius 2 is 2.22 bits per heavy atom. The van der Waals surface area contributed by atoms with Gasteiger partial charge in [0, 0.05) is 20.1 Å². The van der Waals surface area contributed by atoms with Crippen molar-refractivity contribution < 1.29 is 14.8 Å². The molecule has 1 aliphatic heterocycles. The molecule has 0 aromatic carbocycles. The lowest BCUT2D eigenvalue weighted by atomic mass is 10.0. The van der Waals surface area contributed by atoms with Crippen molar-refractivity contribution in [2.24, 2.45) is 16.8 Å². The minimum Gasteiger partial charge on any atom is -0.409 e. The standard InChI is InChI=1S/C11H20N4O3/c1-3-4-8(10(12)13-18)11(17)15-6-5-14(2)9(16)7-15/h8,18H,3-7H2,1-2H3,(H2,12,13). The molecule has 7 nitrogen and oxygen atoms in total. The molecule has 0 bridgehead atoms. The van der Waals surface area contributed by atoms with Crippen molar-refractivity contribution in [3.05, 3.63) is 0 Å². The summed E-state index contributed by atoms with van der Waals surface area (Å²) in [5.74, 6) is -1.07. The van der Waals surface area contributed by atoms with Crippen molar-refractivity contribution in [1.82, 2.24) is 9.80 Å². The summed E-state index contributed by atoms with van der Waals surface area (Å²) in [7, 11) is 1.71. The summed E-state index contributed by atoms with van der Waals surface area (Å²) in [6.45, 7) is 2.98. The normalized spacial score (nSPS) is 19.0. The molecule has 102 valence electrons. The Balaban J connectivity index is 2.74. The first kappa shape index (κ1) is 14.3. The lowest BCUT2D eigenvalue weighted by Crippen LogP contribution is -2.53. The van der Waals surface area contributed by atoms with Crippen LogP contribution in [0.15, 0.2) is 5.16 Å². The van der Waals surface area contributed by atoms with Gasteiger partial charge in [-0.15, -0.1) is 0 Å². The number of nitrogens with zero attached hydrogens (tertiary/aromatic N) is 3. The van der Waals surface area contributed by atoms with Gasteiger partial charge in [-0.05, 0) is 6.42 Å². The molecular formula is C11H20N4O3. The Hall–Kier alpha value is -1.79. The fraction of sp³-hybridized carbons (Fsp3) is 0.727. The third kappa shape index (κ3) is 3.12. The number of carbonyl (C=O) groups is 2. The molecule has 1 saturated heterocycles. The first-order valence-corrected chi connectivity index (χ1v) is 6.01. The summed E-state index contributed by atoms with van der Waals surface area (Å²) in [6.07, 6.45) is 1.25. The molecule has 1 heterocycles. The average molecular weight is 256 g/mol. The summed E-state index contributed by atoms with van der Waals surface area (Å²) >= 11 is 0. The lowest BCUT2D eigenvalue weighted by Gasteiger charge is -2.33. The van der Waals surface area contributed by atoms with Crippen LogP contribution in [0.2, 0.25) is 0 Å². The summed E-state index contributed by atoms with van der Waals surface area (Å²) < 4.78 is 0. The predicted octanol–water partition coefficient (Wildman–Crippen LogP) is -0.550. The molecule has 1 atom stereocenters. The number of oxime groups is 1. The predicted molar refractivity (Wildman–Crippen MR) is 66.0 cm³/mol. The topological polar surface area (TPSA) is 99.2 Å². The molecule has 0 saturated carbocycles. The molecule has 18 heavy (non-hydrogen) atoms. The number of likely N-dealkylation sites (N-methyl/N-ethyl adjacent to an activating group) is 1. The van der Waals surface area contributed by atoms with Crippen molar-refractivity contribution in [2.45, 2.75) is 19.8 Å². The van der Waals surface area contributed by atoms with E-state index in [1.807, 2.05) is 6.92 Å². The zero-order valence-corrected chi connectivity index (χ0v) is 10.8. The van der Waals surface area contributed by atoms with E-state index in [0.29, 0.717) is 19.5 Å². The van der Waals surface area contributed by atoms with E-state index < -0.39 is 5.92 Å². The number of hydrogen-bond acceptors (Lipinski definition) is 4. The van der Waals surface area contributed by atoms with E-state index in [0.717, 1.165) is 6.42 Å². The van der Waals surface area contributed by atoms with Gasteiger partial charge in [0.15, 0.2) is 5.84 Å². The van der Waals surface area contributed by atoms with Gasteiger partial charge in [-0.1, -0.05) is 18.5 Å². The van der Waals surface area contributed by atoms with E-state index in [1.165, 1.54) is 4.90 Å². The van der Waals surface area contributed by atoms with Gasteiger partial charge in [0.1, 0.15) is 0 Å². The molecule has 0 aliphatic carbocycles. The van der Waals surface area contributed by atoms with E-state index in [2.05, 4.69) is 5.16 Å². The average Bonchev–Trinajstić information content (AvgIpc) is 2.37. The van der Waals surface area contributed by atoms with Gasteiger partial charge in [0.25, 0.3) is 0 Å². The fourth-order valence-corrected chi connectivity index (χ4v) is 1.92. The van der Waals surface area contributed by atoms with E-state index in [1.54, 1.807) is 11.9 Å². The third-order valence-corrected chi connectivity index (χ3v) is 3.12. The highest BCUT2D eigenvalue weighted by atomic mass is 16.4. The van der Waals surface area contributed by atoms with Crippen LogP contribution in [-0.2, 0) is 9.59 Å². The van der Waals surface area contributed by atoms with Crippen LogP contribution in [0.5, 0.6) is 0 Å². The van der Waals surface area contributed by atoms with E-state index in [4.69, 9.17) is 10.9 Å². The number of piperazine rings is 1. The second-order valence-corrected chi connectivity index (χ2v) is 4.44. The Labute approximate surface area is 106 Å². The monoisotopic (exact) mass is 256 g/mol. The zero-order chi connectivity index (χ0) is 13.7. The van der Waals surface area contributed by atoms with E-state index >= 15 is 0 Å². The Bertz CT molecular complexity index is 356. The van der Waals surface area contributed by atoms with Crippen molar-refractivity contribution >= 4 is 17.6 Å². The number of nitrogens with two attached hydrogens (primary N) is 1. The molecule has 1 aliphatic rings. The lowest BCUT2D eigenvalue weighted by molar-refractivity contribution is -0.145. The summed E-state index contributed by atoms with van der Waals surface area (Å²) in [5, 5.41) is 11.6. The van der Waals surface area contributed by atoms with E-state index in [-0.39, 0.29) is 24.2 Å². The molecule has 7 heteroatoms. The van der Waals surface area contributed by atoms with Gasteiger partial charge in [-0.2, -0.15) is 0 Å². The highest BCUT2D eigenvalue weighted by molar-refractivity contribution is 6.03. The molecule has 2 amide bonds. The van der Waals surface area contributed by atoms with Crippen molar-refractivity contribution in [2.75, 3.05) is 26.7 Å². The molecule has 0 spiro atoms. The Morgan fingerprint density at radius 1 is 1.56 bits per heavy atom. The molecular weight excluding hydrogens is 236 g/mol. The molecule has 1 rings (SSSR count). The number of amidine groups is 1. The molecule has 0 aromatic rings. The Kier molecular flexibility index (Phi) is 4.94. The minimum absolute atomic E-state index is 0.0637.